The van der Waals surface area contributed by atoms with Gasteiger partial charge in [0.2, 0.25) is 5.12 Å². The number of hydrogen-bond acceptors (Lipinski definition) is 3. The molecule has 2 bridgehead atoms. The molecule has 1 atom stereocenters. The predicted molar refractivity (Wildman–Crippen MR) is 50.0 cm³/mol. The van der Waals surface area contributed by atoms with Crippen molar-refractivity contribution in [1.82, 2.24) is 0 Å². The van der Waals surface area contributed by atoms with Crippen LogP contribution in [0.2, 0.25) is 0 Å². The number of thioether (sulfide) groups is 1. The number of hydrogen-bond donors (Lipinski definition) is 0. The highest BCUT2D eigenvalue weighted by Crippen LogP contribution is 2.46. The van der Waals surface area contributed by atoms with Crippen molar-refractivity contribution in [3.63, 3.8) is 0 Å². The Morgan fingerprint density at radius 2 is 2.17 bits per heavy atom. The Hall–Kier alpha value is 0.270. The summed E-state index contributed by atoms with van der Waals surface area (Å²) in [5.74, 6) is 2.36. The van der Waals surface area contributed by atoms with Crippen molar-refractivity contribution in [1.29, 1.82) is 0 Å². The van der Waals surface area contributed by atoms with E-state index in [9.17, 15) is 0 Å². The van der Waals surface area contributed by atoms with E-state index in [-0.39, 0.29) is 5.12 Å². The fourth-order valence-electron chi connectivity index (χ4n) is 1.65. The first-order valence-corrected chi connectivity index (χ1v) is 5.67. The second kappa shape index (κ2) is 3.20. The van der Waals surface area contributed by atoms with Gasteiger partial charge < -0.3 is 9.47 Å². The van der Waals surface area contributed by atoms with E-state index < -0.39 is 0 Å². The summed E-state index contributed by atoms with van der Waals surface area (Å²) in [6.07, 6.45) is 1.12. The van der Waals surface area contributed by atoms with Gasteiger partial charge in [0.05, 0.1) is 13.2 Å². The molecule has 0 saturated carbocycles. The summed E-state index contributed by atoms with van der Waals surface area (Å²) in [5.41, 5.74) is 0. The van der Waals surface area contributed by atoms with Crippen molar-refractivity contribution in [3.05, 3.63) is 0 Å². The highest BCUT2D eigenvalue weighted by Gasteiger charge is 2.47. The Morgan fingerprint density at radius 1 is 1.50 bits per heavy atom. The smallest absolute Gasteiger partial charge is 0.220 e. The average Bonchev–Trinajstić information content (AvgIpc) is 2.19. The lowest BCUT2D eigenvalue weighted by Crippen LogP contribution is -2.51. The maximum atomic E-state index is 5.76. The lowest BCUT2D eigenvalue weighted by molar-refractivity contribution is -0.253. The van der Waals surface area contributed by atoms with Crippen LogP contribution < -0.4 is 0 Å². The zero-order valence-electron chi connectivity index (χ0n) is 7.71. The van der Waals surface area contributed by atoms with Gasteiger partial charge in [-0.15, -0.1) is 0 Å². The Labute approximate surface area is 78.0 Å². The van der Waals surface area contributed by atoms with Crippen molar-refractivity contribution < 1.29 is 9.47 Å². The third-order valence-electron chi connectivity index (χ3n) is 2.78. The number of fused-ring (bicyclic) bond motifs is 3. The molecule has 0 aromatic rings. The molecule has 1 unspecified atom stereocenters. The third-order valence-corrected chi connectivity index (χ3v) is 4.46. The molecule has 3 heterocycles. The number of ether oxygens (including phenoxy) is 2. The molecule has 0 amide bonds. The minimum absolute atomic E-state index is 0.288. The Balaban J connectivity index is 2.08. The van der Waals surface area contributed by atoms with E-state index in [0.29, 0.717) is 11.8 Å². The summed E-state index contributed by atoms with van der Waals surface area (Å²) >= 11 is 1.85. The molecular formula is C9H16O2S. The summed E-state index contributed by atoms with van der Waals surface area (Å²) < 4.78 is 11.5. The standard InChI is InChI=1S/C9H16O2S/c1-3-7(2)9-10-4-8(5-11-9)6-12-9/h7-8H,3-6H2,1-2H3. The zero-order chi connectivity index (χ0) is 8.60. The fourth-order valence-corrected chi connectivity index (χ4v) is 3.06. The van der Waals surface area contributed by atoms with Gasteiger partial charge in [-0.2, -0.15) is 0 Å². The second-order valence-electron chi connectivity index (χ2n) is 3.71. The van der Waals surface area contributed by atoms with E-state index >= 15 is 0 Å². The largest absolute Gasteiger partial charge is 0.341 e. The molecule has 0 spiro atoms. The van der Waals surface area contributed by atoms with Gasteiger partial charge in [0.15, 0.2) is 0 Å². The van der Waals surface area contributed by atoms with Crippen LogP contribution >= 0.6 is 11.8 Å². The maximum absolute atomic E-state index is 5.76. The van der Waals surface area contributed by atoms with Crippen molar-refractivity contribution in [2.75, 3.05) is 19.0 Å². The molecule has 3 aliphatic rings. The summed E-state index contributed by atoms with van der Waals surface area (Å²) in [7, 11) is 0. The average molecular weight is 188 g/mol. The molecule has 3 rings (SSSR count). The molecule has 0 aromatic heterocycles. The van der Waals surface area contributed by atoms with Crippen molar-refractivity contribution in [3.8, 4) is 0 Å². The van der Waals surface area contributed by atoms with Gasteiger partial charge in [-0.1, -0.05) is 25.6 Å². The summed E-state index contributed by atoms with van der Waals surface area (Å²) in [4.78, 5) is 0. The quantitative estimate of drug-likeness (QED) is 0.661. The van der Waals surface area contributed by atoms with Crippen LogP contribution in [-0.4, -0.2) is 24.1 Å². The van der Waals surface area contributed by atoms with Crippen LogP contribution in [0.4, 0.5) is 0 Å². The normalized spacial score (nSPS) is 43.0. The first-order valence-electron chi connectivity index (χ1n) is 4.68. The molecule has 0 aromatic carbocycles. The minimum Gasteiger partial charge on any atom is -0.341 e. The first kappa shape index (κ1) is 8.85. The van der Waals surface area contributed by atoms with Crippen LogP contribution in [0, 0.1) is 11.8 Å². The highest BCUT2D eigenvalue weighted by molar-refractivity contribution is 8.00. The zero-order valence-corrected chi connectivity index (χ0v) is 8.52. The van der Waals surface area contributed by atoms with E-state index in [4.69, 9.17) is 9.47 Å². The van der Waals surface area contributed by atoms with Gasteiger partial charge in [-0.05, 0) is 6.42 Å². The molecular weight excluding hydrogens is 172 g/mol. The molecule has 3 aliphatic heterocycles. The van der Waals surface area contributed by atoms with E-state index in [1.807, 2.05) is 11.8 Å². The topological polar surface area (TPSA) is 18.5 Å². The molecule has 2 nitrogen and oxygen atoms in total. The Kier molecular flexibility index (Phi) is 2.36. The Morgan fingerprint density at radius 3 is 2.58 bits per heavy atom. The molecule has 0 radical (unpaired) electrons. The van der Waals surface area contributed by atoms with Crippen LogP contribution in [0.15, 0.2) is 0 Å². The summed E-state index contributed by atoms with van der Waals surface area (Å²) in [6, 6.07) is 0. The van der Waals surface area contributed by atoms with Gasteiger partial charge in [0.25, 0.3) is 0 Å². The lowest BCUT2D eigenvalue weighted by Gasteiger charge is -2.48. The SMILES string of the molecule is CCC(C)C12OCC(CO1)CS2. The lowest BCUT2D eigenvalue weighted by atomic mass is 10.1. The van der Waals surface area contributed by atoms with Crippen molar-refractivity contribution >= 4 is 11.8 Å². The van der Waals surface area contributed by atoms with E-state index in [1.54, 1.807) is 0 Å². The predicted octanol–water partition coefficient (Wildman–Crippen LogP) is 2.10. The molecule has 3 heteroatoms. The van der Waals surface area contributed by atoms with Gasteiger partial charge in [0, 0.05) is 17.6 Å². The van der Waals surface area contributed by atoms with Crippen molar-refractivity contribution in [2.24, 2.45) is 11.8 Å². The molecule has 70 valence electrons. The molecule has 12 heavy (non-hydrogen) atoms. The molecule has 3 fully saturated rings. The van der Waals surface area contributed by atoms with Gasteiger partial charge in [-0.25, -0.2) is 0 Å². The van der Waals surface area contributed by atoms with Gasteiger partial charge >= 0.3 is 0 Å². The monoisotopic (exact) mass is 188 g/mol. The van der Waals surface area contributed by atoms with E-state index in [2.05, 4.69) is 13.8 Å². The van der Waals surface area contributed by atoms with E-state index in [0.717, 1.165) is 19.6 Å². The van der Waals surface area contributed by atoms with E-state index in [1.165, 1.54) is 5.75 Å². The van der Waals surface area contributed by atoms with Crippen LogP contribution in [0.5, 0.6) is 0 Å². The third kappa shape index (κ3) is 1.28. The highest BCUT2D eigenvalue weighted by atomic mass is 32.2. The second-order valence-corrected chi connectivity index (χ2v) is 4.90. The molecule has 0 N–H and O–H groups in total. The van der Waals surface area contributed by atoms with Crippen LogP contribution in [0.1, 0.15) is 20.3 Å². The fraction of sp³-hybridized carbons (Fsp3) is 1.00. The van der Waals surface area contributed by atoms with Gasteiger partial charge in [0.1, 0.15) is 0 Å². The van der Waals surface area contributed by atoms with Crippen molar-refractivity contribution in [2.45, 2.75) is 25.4 Å². The van der Waals surface area contributed by atoms with Crippen LogP contribution in [0.25, 0.3) is 0 Å². The van der Waals surface area contributed by atoms with Crippen LogP contribution in [0.3, 0.4) is 0 Å². The molecule has 3 saturated heterocycles. The number of rotatable bonds is 2. The maximum Gasteiger partial charge on any atom is 0.220 e. The first-order chi connectivity index (χ1) is 5.77. The Bertz CT molecular complexity index is 150. The minimum atomic E-state index is -0.288. The van der Waals surface area contributed by atoms with Crippen LogP contribution in [-0.2, 0) is 9.47 Å². The summed E-state index contributed by atoms with van der Waals surface area (Å²) in [6.45, 7) is 6.20. The van der Waals surface area contributed by atoms with Gasteiger partial charge in [-0.3, -0.25) is 0 Å². The molecule has 0 aliphatic carbocycles. The summed E-state index contributed by atoms with van der Waals surface area (Å²) in [5, 5.41) is -0.288.